The molecule has 0 N–H and O–H groups in total. The molecule has 3 heterocycles. The molecule has 2 aliphatic rings. The summed E-state index contributed by atoms with van der Waals surface area (Å²) in [5.41, 5.74) is 0. The van der Waals surface area contributed by atoms with E-state index in [2.05, 4.69) is 31.8 Å². The topological polar surface area (TPSA) is 82.1 Å². The Labute approximate surface area is 190 Å². The van der Waals surface area contributed by atoms with E-state index in [1.54, 1.807) is 0 Å². The minimum Gasteiger partial charge on any atom is -0.406 e. The highest BCUT2D eigenvalue weighted by atomic mass is 32.2. The molecule has 2 fully saturated rings. The largest absolute Gasteiger partial charge is 0.573 e. The van der Waals surface area contributed by atoms with Gasteiger partial charge in [-0.1, -0.05) is 0 Å². The van der Waals surface area contributed by atoms with Crippen molar-refractivity contribution >= 4 is 21.7 Å². The smallest absolute Gasteiger partial charge is 0.406 e. The number of sulfonamides is 1. The fraction of sp³-hybridized carbons (Fsp3) is 0.500. The number of hydrogen-bond donors (Lipinski definition) is 0. The Bertz CT molecular complexity index is 1030. The highest BCUT2D eigenvalue weighted by Crippen LogP contribution is 2.26. The van der Waals surface area contributed by atoms with Crippen molar-refractivity contribution in [3.63, 3.8) is 0 Å². The average molecular weight is 487 g/mol. The van der Waals surface area contributed by atoms with Crippen molar-refractivity contribution in [2.45, 2.75) is 11.3 Å². The number of piperazine rings is 2. The number of halogens is 3. The molecule has 0 spiro atoms. The van der Waals surface area contributed by atoms with E-state index < -0.39 is 22.1 Å². The predicted octanol–water partition coefficient (Wildman–Crippen LogP) is 1.64. The van der Waals surface area contributed by atoms with E-state index in [1.165, 1.54) is 4.31 Å². The second-order valence-corrected chi connectivity index (χ2v) is 9.89. The predicted molar refractivity (Wildman–Crippen MR) is 116 cm³/mol. The van der Waals surface area contributed by atoms with Gasteiger partial charge in [-0.3, -0.25) is 0 Å². The lowest BCUT2D eigenvalue weighted by molar-refractivity contribution is -0.274. The van der Waals surface area contributed by atoms with Gasteiger partial charge in [0, 0.05) is 52.4 Å². The van der Waals surface area contributed by atoms with Gasteiger partial charge in [-0.2, -0.15) is 4.31 Å². The standard InChI is InChI=1S/C20H25F3N6O3S/c1-26-8-10-27(11-9-26)18-6-7-19(25-24-18)28-12-14-29(15-13-28)33(30,31)17-4-2-16(3-5-17)32-20(21,22)23/h2-7H,8-15H2,1H3. The van der Waals surface area contributed by atoms with Crippen LogP contribution in [-0.2, 0) is 10.0 Å². The number of aromatic nitrogens is 2. The van der Waals surface area contributed by atoms with E-state index in [9.17, 15) is 21.6 Å². The molecule has 0 unspecified atom stereocenters. The Kier molecular flexibility index (Phi) is 6.64. The summed E-state index contributed by atoms with van der Waals surface area (Å²) < 4.78 is 67.8. The Morgan fingerprint density at radius 1 is 0.788 bits per heavy atom. The molecular weight excluding hydrogens is 461 g/mol. The minimum absolute atomic E-state index is 0.0817. The minimum atomic E-state index is -4.83. The SMILES string of the molecule is CN1CCN(c2ccc(N3CCN(S(=O)(=O)c4ccc(OC(F)(F)F)cc4)CC3)nn2)CC1. The van der Waals surface area contributed by atoms with Crippen LogP contribution in [0, 0.1) is 0 Å². The van der Waals surface area contributed by atoms with E-state index >= 15 is 0 Å². The molecule has 0 amide bonds. The van der Waals surface area contributed by atoms with E-state index in [4.69, 9.17) is 0 Å². The van der Waals surface area contributed by atoms with Gasteiger partial charge in [0.1, 0.15) is 5.75 Å². The van der Waals surface area contributed by atoms with E-state index in [0.29, 0.717) is 18.9 Å². The first kappa shape index (κ1) is 23.5. The number of alkyl halides is 3. The highest BCUT2D eigenvalue weighted by molar-refractivity contribution is 7.89. The summed E-state index contributed by atoms with van der Waals surface area (Å²) in [5.74, 6) is 1.04. The van der Waals surface area contributed by atoms with E-state index in [1.807, 2.05) is 17.0 Å². The molecule has 0 aliphatic carbocycles. The second kappa shape index (κ2) is 9.31. The lowest BCUT2D eigenvalue weighted by Gasteiger charge is -2.35. The summed E-state index contributed by atoms with van der Waals surface area (Å²) in [5, 5.41) is 8.67. The first-order chi connectivity index (χ1) is 15.6. The van der Waals surface area contributed by atoms with Crippen LogP contribution < -0.4 is 14.5 Å². The van der Waals surface area contributed by atoms with Crippen LogP contribution in [0.15, 0.2) is 41.3 Å². The first-order valence-corrected chi connectivity index (χ1v) is 11.9. The summed E-state index contributed by atoms with van der Waals surface area (Å²) in [4.78, 5) is 6.33. The zero-order chi connectivity index (χ0) is 23.6. The molecular formula is C20H25F3N6O3S. The third-order valence-corrected chi connectivity index (χ3v) is 7.63. The third-order valence-electron chi connectivity index (χ3n) is 5.72. The first-order valence-electron chi connectivity index (χ1n) is 10.5. The monoisotopic (exact) mass is 486 g/mol. The van der Waals surface area contributed by atoms with Crippen molar-refractivity contribution in [1.82, 2.24) is 19.4 Å². The van der Waals surface area contributed by atoms with E-state index in [-0.39, 0.29) is 18.0 Å². The van der Waals surface area contributed by atoms with Gasteiger partial charge in [-0.05, 0) is 43.4 Å². The average Bonchev–Trinajstić information content (AvgIpc) is 2.79. The zero-order valence-electron chi connectivity index (χ0n) is 18.1. The van der Waals surface area contributed by atoms with Crippen LogP contribution in [0.5, 0.6) is 5.75 Å². The molecule has 4 rings (SSSR count). The molecule has 2 aromatic rings. The van der Waals surface area contributed by atoms with Crippen molar-refractivity contribution in [2.24, 2.45) is 0 Å². The summed E-state index contributed by atoms with van der Waals surface area (Å²) >= 11 is 0. The van der Waals surface area contributed by atoms with Gasteiger partial charge < -0.3 is 19.4 Å². The lowest BCUT2D eigenvalue weighted by Crippen LogP contribution is -2.49. The number of hydrogen-bond acceptors (Lipinski definition) is 8. The summed E-state index contributed by atoms with van der Waals surface area (Å²) in [6.45, 7) is 5.04. The van der Waals surface area contributed by atoms with Gasteiger partial charge in [-0.15, -0.1) is 23.4 Å². The maximum absolute atomic E-state index is 12.9. The van der Waals surface area contributed by atoms with Crippen LogP contribution in [-0.4, -0.2) is 93.6 Å². The van der Waals surface area contributed by atoms with Crippen LogP contribution in [0.2, 0.25) is 0 Å². The molecule has 33 heavy (non-hydrogen) atoms. The Morgan fingerprint density at radius 3 is 1.73 bits per heavy atom. The van der Waals surface area contributed by atoms with Gasteiger partial charge in [0.05, 0.1) is 4.90 Å². The molecule has 9 nitrogen and oxygen atoms in total. The van der Waals surface area contributed by atoms with Crippen LogP contribution in [0.1, 0.15) is 0 Å². The summed E-state index contributed by atoms with van der Waals surface area (Å²) in [6.07, 6.45) is -4.83. The molecule has 2 aliphatic heterocycles. The van der Waals surface area contributed by atoms with Crippen molar-refractivity contribution < 1.29 is 26.3 Å². The van der Waals surface area contributed by atoms with Crippen molar-refractivity contribution in [1.29, 1.82) is 0 Å². The third kappa shape index (κ3) is 5.65. The Morgan fingerprint density at radius 2 is 1.27 bits per heavy atom. The van der Waals surface area contributed by atoms with Crippen molar-refractivity contribution in [2.75, 3.05) is 69.2 Å². The molecule has 0 radical (unpaired) electrons. The Balaban J connectivity index is 1.35. The van der Waals surface area contributed by atoms with Gasteiger partial charge >= 0.3 is 6.36 Å². The van der Waals surface area contributed by atoms with Crippen molar-refractivity contribution in [3.8, 4) is 5.75 Å². The number of benzene rings is 1. The molecule has 0 atom stereocenters. The van der Waals surface area contributed by atoms with Gasteiger partial charge in [0.25, 0.3) is 0 Å². The summed E-state index contributed by atoms with van der Waals surface area (Å²) in [7, 11) is -1.74. The highest BCUT2D eigenvalue weighted by Gasteiger charge is 2.32. The summed E-state index contributed by atoms with van der Waals surface area (Å²) in [6, 6.07) is 8.05. The quantitative estimate of drug-likeness (QED) is 0.631. The molecule has 1 aromatic carbocycles. The number of likely N-dealkylation sites (N-methyl/N-ethyl adjacent to an activating group) is 1. The molecule has 180 valence electrons. The molecule has 0 saturated carbocycles. The van der Waals surface area contributed by atoms with E-state index in [0.717, 1.165) is 56.3 Å². The number of rotatable bonds is 5. The second-order valence-electron chi connectivity index (χ2n) is 7.95. The molecule has 2 saturated heterocycles. The van der Waals surface area contributed by atoms with Crippen molar-refractivity contribution in [3.05, 3.63) is 36.4 Å². The molecule has 0 bridgehead atoms. The fourth-order valence-electron chi connectivity index (χ4n) is 3.81. The number of anilines is 2. The molecule has 1 aromatic heterocycles. The zero-order valence-corrected chi connectivity index (χ0v) is 18.9. The maximum atomic E-state index is 12.9. The number of nitrogens with zero attached hydrogens (tertiary/aromatic N) is 6. The lowest BCUT2D eigenvalue weighted by atomic mass is 10.3. The normalized spacial score (nSPS) is 19.0. The van der Waals surface area contributed by atoms with Crippen LogP contribution >= 0.6 is 0 Å². The maximum Gasteiger partial charge on any atom is 0.573 e. The Hall–Kier alpha value is -2.64. The fourth-order valence-corrected chi connectivity index (χ4v) is 5.23. The van der Waals surface area contributed by atoms with Gasteiger partial charge in [0.15, 0.2) is 11.6 Å². The number of ether oxygens (including phenoxy) is 1. The van der Waals surface area contributed by atoms with Crippen LogP contribution in [0.4, 0.5) is 24.8 Å². The van der Waals surface area contributed by atoms with Crippen LogP contribution in [0.25, 0.3) is 0 Å². The van der Waals surface area contributed by atoms with Crippen LogP contribution in [0.3, 0.4) is 0 Å². The van der Waals surface area contributed by atoms with Gasteiger partial charge in [0.2, 0.25) is 10.0 Å². The van der Waals surface area contributed by atoms with Gasteiger partial charge in [-0.25, -0.2) is 8.42 Å². The molecule has 13 heteroatoms.